The van der Waals surface area contributed by atoms with E-state index in [-0.39, 0.29) is 5.69 Å². The summed E-state index contributed by atoms with van der Waals surface area (Å²) in [5, 5.41) is 0.533. The molecule has 0 amide bonds. The summed E-state index contributed by atoms with van der Waals surface area (Å²) in [6.45, 7) is 0. The van der Waals surface area contributed by atoms with Gasteiger partial charge in [0.2, 0.25) is 0 Å². The number of hydrogen-bond acceptors (Lipinski definition) is 1. The fraction of sp³-hybridized carbons (Fsp3) is 0.0769. The first kappa shape index (κ1) is 12.8. The van der Waals surface area contributed by atoms with E-state index in [0.29, 0.717) is 16.1 Å². The first-order valence-corrected chi connectivity index (χ1v) is 5.48. The van der Waals surface area contributed by atoms with Crippen LogP contribution in [-0.4, -0.2) is 0 Å². The van der Waals surface area contributed by atoms with Gasteiger partial charge in [-0.25, -0.2) is 0 Å². The third-order valence-corrected chi connectivity index (χ3v) is 2.79. The molecule has 1 nitrogen and oxygen atoms in total. The van der Waals surface area contributed by atoms with Crippen LogP contribution in [0.4, 0.5) is 18.9 Å². The lowest BCUT2D eigenvalue weighted by Crippen LogP contribution is -2.08. The molecule has 0 fully saturated rings. The average Bonchev–Trinajstić information content (AvgIpc) is 2.29. The SMILES string of the molecule is Nc1ccc(-c2ccc(Cl)cc2)cc1C(F)(F)F. The van der Waals surface area contributed by atoms with E-state index in [1.807, 2.05) is 0 Å². The molecule has 18 heavy (non-hydrogen) atoms. The highest BCUT2D eigenvalue weighted by Crippen LogP contribution is 2.36. The third kappa shape index (κ3) is 2.59. The molecule has 2 rings (SSSR count). The van der Waals surface area contributed by atoms with Gasteiger partial charge in [-0.3, -0.25) is 0 Å². The van der Waals surface area contributed by atoms with Gasteiger partial charge in [0.15, 0.2) is 0 Å². The van der Waals surface area contributed by atoms with Crippen LogP contribution in [0.25, 0.3) is 11.1 Å². The molecule has 0 radical (unpaired) electrons. The Hall–Kier alpha value is -1.68. The first-order valence-electron chi connectivity index (χ1n) is 5.10. The van der Waals surface area contributed by atoms with Crippen LogP contribution >= 0.6 is 11.6 Å². The number of rotatable bonds is 1. The number of benzene rings is 2. The van der Waals surface area contributed by atoms with E-state index in [0.717, 1.165) is 6.07 Å². The van der Waals surface area contributed by atoms with Gasteiger partial charge in [0.1, 0.15) is 0 Å². The van der Waals surface area contributed by atoms with Crippen LogP contribution in [0.1, 0.15) is 5.56 Å². The predicted octanol–water partition coefficient (Wildman–Crippen LogP) is 4.61. The quantitative estimate of drug-likeness (QED) is 0.753. The van der Waals surface area contributed by atoms with Gasteiger partial charge >= 0.3 is 6.18 Å². The minimum absolute atomic E-state index is 0.278. The van der Waals surface area contributed by atoms with Crippen LogP contribution in [-0.2, 0) is 6.18 Å². The van der Waals surface area contributed by atoms with Crippen molar-refractivity contribution in [2.75, 3.05) is 5.73 Å². The molecule has 0 heterocycles. The Morgan fingerprint density at radius 2 is 1.44 bits per heavy atom. The second-order valence-electron chi connectivity index (χ2n) is 3.81. The lowest BCUT2D eigenvalue weighted by Gasteiger charge is -2.12. The first-order chi connectivity index (χ1) is 8.38. The molecule has 0 saturated heterocycles. The molecule has 2 aromatic carbocycles. The van der Waals surface area contributed by atoms with E-state index in [9.17, 15) is 13.2 Å². The minimum atomic E-state index is -4.45. The summed E-state index contributed by atoms with van der Waals surface area (Å²) in [6.07, 6.45) is -4.45. The number of anilines is 1. The van der Waals surface area contributed by atoms with Crippen molar-refractivity contribution in [2.45, 2.75) is 6.18 Å². The summed E-state index contributed by atoms with van der Waals surface area (Å²) in [7, 11) is 0. The highest BCUT2D eigenvalue weighted by Gasteiger charge is 2.33. The molecule has 0 saturated carbocycles. The molecule has 94 valence electrons. The second kappa shape index (κ2) is 4.53. The Bertz CT molecular complexity index is 561. The summed E-state index contributed by atoms with van der Waals surface area (Å²) in [4.78, 5) is 0. The van der Waals surface area contributed by atoms with E-state index >= 15 is 0 Å². The second-order valence-corrected chi connectivity index (χ2v) is 4.24. The summed E-state index contributed by atoms with van der Waals surface area (Å²) in [6, 6.07) is 10.4. The molecule has 5 heteroatoms. The molecular formula is C13H9ClF3N. The molecule has 0 aliphatic rings. The highest BCUT2D eigenvalue weighted by molar-refractivity contribution is 6.30. The monoisotopic (exact) mass is 271 g/mol. The molecular weight excluding hydrogens is 263 g/mol. The molecule has 0 spiro atoms. The minimum Gasteiger partial charge on any atom is -0.398 e. The summed E-state index contributed by atoms with van der Waals surface area (Å²) in [5.74, 6) is 0. The number of nitrogens with two attached hydrogens (primary N) is 1. The fourth-order valence-electron chi connectivity index (χ4n) is 1.62. The maximum atomic E-state index is 12.7. The molecule has 0 aliphatic heterocycles. The number of alkyl halides is 3. The predicted molar refractivity (Wildman–Crippen MR) is 66.3 cm³/mol. The van der Waals surface area contributed by atoms with E-state index < -0.39 is 11.7 Å². The van der Waals surface area contributed by atoms with Gasteiger partial charge in [0, 0.05) is 10.7 Å². The lowest BCUT2D eigenvalue weighted by atomic mass is 10.0. The van der Waals surface area contributed by atoms with Crippen LogP contribution < -0.4 is 5.73 Å². The number of hydrogen-bond donors (Lipinski definition) is 1. The smallest absolute Gasteiger partial charge is 0.398 e. The van der Waals surface area contributed by atoms with Crippen molar-refractivity contribution in [3.05, 3.63) is 53.1 Å². The zero-order valence-corrected chi connectivity index (χ0v) is 9.89. The van der Waals surface area contributed by atoms with E-state index in [1.54, 1.807) is 30.3 Å². The average molecular weight is 272 g/mol. The van der Waals surface area contributed by atoms with Crippen molar-refractivity contribution < 1.29 is 13.2 Å². The van der Waals surface area contributed by atoms with Crippen LogP contribution in [0, 0.1) is 0 Å². The van der Waals surface area contributed by atoms with Gasteiger partial charge < -0.3 is 5.73 Å². The zero-order chi connectivity index (χ0) is 13.3. The van der Waals surface area contributed by atoms with Gasteiger partial charge in [-0.1, -0.05) is 29.8 Å². The van der Waals surface area contributed by atoms with E-state index in [4.69, 9.17) is 17.3 Å². The Balaban J connectivity index is 2.50. The Labute approximate surface area is 107 Å². The van der Waals surface area contributed by atoms with Gasteiger partial charge in [0.05, 0.1) is 5.56 Å². The molecule has 0 aliphatic carbocycles. The Morgan fingerprint density at radius 3 is 2.00 bits per heavy atom. The maximum absolute atomic E-state index is 12.7. The fourth-order valence-corrected chi connectivity index (χ4v) is 1.75. The van der Waals surface area contributed by atoms with E-state index in [2.05, 4.69) is 0 Å². The normalized spacial score (nSPS) is 11.6. The molecule has 0 bridgehead atoms. The standard InChI is InChI=1S/C13H9ClF3N/c14-10-4-1-8(2-5-10)9-3-6-12(18)11(7-9)13(15,16)17/h1-7H,18H2. The van der Waals surface area contributed by atoms with Crippen molar-refractivity contribution in [3.63, 3.8) is 0 Å². The van der Waals surface area contributed by atoms with Crippen molar-refractivity contribution >= 4 is 17.3 Å². The topological polar surface area (TPSA) is 26.0 Å². The van der Waals surface area contributed by atoms with Crippen molar-refractivity contribution in [3.8, 4) is 11.1 Å². The summed E-state index contributed by atoms with van der Waals surface area (Å²) in [5.41, 5.74) is 5.34. The van der Waals surface area contributed by atoms with Crippen molar-refractivity contribution in [2.24, 2.45) is 0 Å². The maximum Gasteiger partial charge on any atom is 0.418 e. The van der Waals surface area contributed by atoms with E-state index in [1.165, 1.54) is 6.07 Å². The van der Waals surface area contributed by atoms with Gasteiger partial charge in [-0.05, 0) is 35.4 Å². The van der Waals surface area contributed by atoms with Crippen LogP contribution in [0.15, 0.2) is 42.5 Å². The van der Waals surface area contributed by atoms with Gasteiger partial charge in [-0.15, -0.1) is 0 Å². The van der Waals surface area contributed by atoms with Gasteiger partial charge in [0.25, 0.3) is 0 Å². The van der Waals surface area contributed by atoms with Crippen LogP contribution in [0.5, 0.6) is 0 Å². The summed E-state index contributed by atoms with van der Waals surface area (Å²) >= 11 is 5.73. The zero-order valence-electron chi connectivity index (χ0n) is 9.13. The number of halogens is 4. The molecule has 0 atom stereocenters. The van der Waals surface area contributed by atoms with Crippen LogP contribution in [0.3, 0.4) is 0 Å². The third-order valence-electron chi connectivity index (χ3n) is 2.54. The van der Waals surface area contributed by atoms with Crippen LogP contribution in [0.2, 0.25) is 5.02 Å². The lowest BCUT2D eigenvalue weighted by molar-refractivity contribution is -0.136. The highest BCUT2D eigenvalue weighted by atomic mass is 35.5. The molecule has 0 aromatic heterocycles. The van der Waals surface area contributed by atoms with Crippen molar-refractivity contribution in [1.29, 1.82) is 0 Å². The number of nitrogen functional groups attached to an aromatic ring is 1. The van der Waals surface area contributed by atoms with Crippen molar-refractivity contribution in [1.82, 2.24) is 0 Å². The Morgan fingerprint density at radius 1 is 0.889 bits per heavy atom. The molecule has 0 unspecified atom stereocenters. The van der Waals surface area contributed by atoms with Gasteiger partial charge in [-0.2, -0.15) is 13.2 Å². The Kier molecular flexibility index (Phi) is 3.22. The largest absolute Gasteiger partial charge is 0.418 e. The molecule has 2 N–H and O–H groups in total. The molecule has 2 aromatic rings. The summed E-state index contributed by atoms with van der Waals surface area (Å²) < 4.78 is 38.1.